The zero-order chi connectivity index (χ0) is 16.4. The molecule has 0 spiro atoms. The fourth-order valence-corrected chi connectivity index (χ4v) is 1.78. The zero-order valence-electron chi connectivity index (χ0n) is 13.6. The molecule has 0 aliphatic heterocycles. The molecule has 0 heterocycles. The maximum Gasteiger partial charge on any atom is 0.253 e. The molecular formula is C16H26N4O2. The Kier molecular flexibility index (Phi) is 7.99. The molecule has 3 N–H and O–H groups in total. The molecule has 0 aliphatic carbocycles. The molecular weight excluding hydrogens is 280 g/mol. The van der Waals surface area contributed by atoms with E-state index in [-0.39, 0.29) is 5.91 Å². The topological polar surface area (TPSA) is 80.0 Å². The summed E-state index contributed by atoms with van der Waals surface area (Å²) in [5, 5.41) is 3.04. The van der Waals surface area contributed by atoms with Crippen LogP contribution in [0.4, 0.5) is 0 Å². The van der Waals surface area contributed by atoms with E-state index >= 15 is 0 Å². The summed E-state index contributed by atoms with van der Waals surface area (Å²) in [6.07, 6.45) is 0.894. The molecule has 0 radical (unpaired) electrons. The van der Waals surface area contributed by atoms with Gasteiger partial charge >= 0.3 is 0 Å². The Labute approximate surface area is 132 Å². The quantitative estimate of drug-likeness (QED) is 0.430. The number of benzene rings is 1. The van der Waals surface area contributed by atoms with Crippen LogP contribution in [-0.4, -0.2) is 50.6 Å². The van der Waals surface area contributed by atoms with E-state index in [1.165, 1.54) is 0 Å². The lowest BCUT2D eigenvalue weighted by molar-refractivity contribution is 0.0827. The van der Waals surface area contributed by atoms with Crippen LogP contribution in [0.3, 0.4) is 0 Å². The summed E-state index contributed by atoms with van der Waals surface area (Å²) in [7, 11) is 3.47. The molecule has 0 saturated carbocycles. The second-order valence-corrected chi connectivity index (χ2v) is 5.08. The van der Waals surface area contributed by atoms with Gasteiger partial charge in [0.05, 0.1) is 6.54 Å². The highest BCUT2D eigenvalue weighted by atomic mass is 16.5. The van der Waals surface area contributed by atoms with Gasteiger partial charge in [0.15, 0.2) is 5.96 Å². The highest BCUT2D eigenvalue weighted by Gasteiger charge is 2.06. The summed E-state index contributed by atoms with van der Waals surface area (Å²) in [6, 6.07) is 7.39. The van der Waals surface area contributed by atoms with Crippen molar-refractivity contribution < 1.29 is 9.53 Å². The Bertz CT molecular complexity index is 483. The molecule has 0 aliphatic rings. The van der Waals surface area contributed by atoms with Gasteiger partial charge in [0.2, 0.25) is 0 Å². The van der Waals surface area contributed by atoms with Crippen molar-refractivity contribution in [3.63, 3.8) is 0 Å². The Morgan fingerprint density at radius 3 is 2.59 bits per heavy atom. The van der Waals surface area contributed by atoms with Gasteiger partial charge < -0.3 is 20.7 Å². The first kappa shape index (κ1) is 18.0. The van der Waals surface area contributed by atoms with E-state index in [2.05, 4.69) is 10.3 Å². The van der Waals surface area contributed by atoms with Crippen LogP contribution < -0.4 is 11.1 Å². The summed E-state index contributed by atoms with van der Waals surface area (Å²) >= 11 is 0. The van der Waals surface area contributed by atoms with Crippen LogP contribution in [0.2, 0.25) is 0 Å². The van der Waals surface area contributed by atoms with E-state index in [0.29, 0.717) is 18.1 Å². The molecule has 0 atom stereocenters. The number of nitrogens with two attached hydrogens (primary N) is 1. The first-order valence-corrected chi connectivity index (χ1v) is 7.46. The van der Waals surface area contributed by atoms with Gasteiger partial charge in [0.1, 0.15) is 0 Å². The molecule has 22 heavy (non-hydrogen) atoms. The van der Waals surface area contributed by atoms with Crippen LogP contribution in [0.15, 0.2) is 29.3 Å². The molecule has 0 bridgehead atoms. The summed E-state index contributed by atoms with van der Waals surface area (Å²) < 4.78 is 5.24. The van der Waals surface area contributed by atoms with Gasteiger partial charge in [-0.15, -0.1) is 0 Å². The first-order chi connectivity index (χ1) is 10.5. The molecule has 0 unspecified atom stereocenters. The van der Waals surface area contributed by atoms with Crippen LogP contribution in [0.25, 0.3) is 0 Å². The van der Waals surface area contributed by atoms with Gasteiger partial charge in [-0.05, 0) is 31.0 Å². The lowest BCUT2D eigenvalue weighted by atomic mass is 10.1. The Morgan fingerprint density at radius 1 is 1.32 bits per heavy atom. The molecule has 0 aromatic heterocycles. The lowest BCUT2D eigenvalue weighted by Crippen LogP contribution is -2.32. The summed E-state index contributed by atoms with van der Waals surface area (Å²) in [5.41, 5.74) is 7.47. The number of hydrogen-bond acceptors (Lipinski definition) is 3. The predicted octanol–water partition coefficient (Wildman–Crippen LogP) is 1.22. The van der Waals surface area contributed by atoms with Crippen molar-refractivity contribution in [1.82, 2.24) is 10.2 Å². The van der Waals surface area contributed by atoms with E-state index in [9.17, 15) is 4.79 Å². The number of carbonyl (C=O) groups is 1. The number of nitrogens with one attached hydrogen (secondary N) is 1. The molecule has 1 aromatic carbocycles. The van der Waals surface area contributed by atoms with E-state index in [1.54, 1.807) is 31.1 Å². The summed E-state index contributed by atoms with van der Waals surface area (Å²) in [4.78, 5) is 17.6. The largest absolute Gasteiger partial charge is 0.382 e. The fraction of sp³-hybridized carbons (Fsp3) is 0.500. The SMILES string of the molecule is CCOCCCNC(N)=NCc1ccc(C(=O)N(C)C)cc1. The third-order valence-electron chi connectivity index (χ3n) is 3.01. The van der Waals surface area contributed by atoms with Crippen LogP contribution in [-0.2, 0) is 11.3 Å². The van der Waals surface area contributed by atoms with Crippen molar-refractivity contribution in [2.24, 2.45) is 10.7 Å². The Morgan fingerprint density at radius 2 is 2.00 bits per heavy atom. The second-order valence-electron chi connectivity index (χ2n) is 5.08. The monoisotopic (exact) mass is 306 g/mol. The smallest absolute Gasteiger partial charge is 0.253 e. The van der Waals surface area contributed by atoms with E-state index < -0.39 is 0 Å². The number of carbonyl (C=O) groups excluding carboxylic acids is 1. The number of amides is 1. The molecule has 1 aromatic rings. The van der Waals surface area contributed by atoms with Crippen LogP contribution in [0.5, 0.6) is 0 Å². The van der Waals surface area contributed by atoms with E-state index in [1.807, 2.05) is 19.1 Å². The Balaban J connectivity index is 2.40. The third kappa shape index (κ3) is 6.58. The highest BCUT2D eigenvalue weighted by Crippen LogP contribution is 2.07. The molecule has 0 saturated heterocycles. The van der Waals surface area contributed by atoms with Crippen molar-refractivity contribution in [2.75, 3.05) is 33.9 Å². The maximum atomic E-state index is 11.8. The Hall–Kier alpha value is -2.08. The molecule has 0 fully saturated rings. The number of nitrogens with zero attached hydrogens (tertiary/aromatic N) is 2. The minimum absolute atomic E-state index is 0.00877. The number of hydrogen-bond donors (Lipinski definition) is 2. The average molecular weight is 306 g/mol. The fourth-order valence-electron chi connectivity index (χ4n) is 1.78. The van der Waals surface area contributed by atoms with Crippen molar-refractivity contribution in [1.29, 1.82) is 0 Å². The van der Waals surface area contributed by atoms with Gasteiger partial charge in [-0.3, -0.25) is 4.79 Å². The second kappa shape index (κ2) is 9.78. The average Bonchev–Trinajstić information content (AvgIpc) is 2.52. The number of rotatable bonds is 8. The molecule has 122 valence electrons. The zero-order valence-corrected chi connectivity index (χ0v) is 13.6. The lowest BCUT2D eigenvalue weighted by Gasteiger charge is -2.10. The van der Waals surface area contributed by atoms with Crippen LogP contribution in [0.1, 0.15) is 29.3 Å². The van der Waals surface area contributed by atoms with Gasteiger partial charge in [-0.1, -0.05) is 12.1 Å². The highest BCUT2D eigenvalue weighted by molar-refractivity contribution is 5.93. The minimum Gasteiger partial charge on any atom is -0.382 e. The summed E-state index contributed by atoms with van der Waals surface area (Å²) in [6.45, 7) is 4.65. The van der Waals surface area contributed by atoms with Crippen molar-refractivity contribution in [3.05, 3.63) is 35.4 Å². The van der Waals surface area contributed by atoms with E-state index in [0.717, 1.165) is 31.7 Å². The molecule has 6 heteroatoms. The van der Waals surface area contributed by atoms with Crippen molar-refractivity contribution in [2.45, 2.75) is 19.9 Å². The summed E-state index contributed by atoms with van der Waals surface area (Å²) in [5.74, 6) is 0.412. The van der Waals surface area contributed by atoms with Crippen LogP contribution >= 0.6 is 0 Å². The minimum atomic E-state index is -0.00877. The first-order valence-electron chi connectivity index (χ1n) is 7.46. The van der Waals surface area contributed by atoms with Gasteiger partial charge in [0.25, 0.3) is 5.91 Å². The molecule has 1 amide bonds. The van der Waals surface area contributed by atoms with Gasteiger partial charge in [0, 0.05) is 39.4 Å². The standard InChI is InChI=1S/C16H26N4O2/c1-4-22-11-5-10-18-16(17)19-12-13-6-8-14(9-7-13)15(21)20(2)3/h6-9H,4-5,10-12H2,1-3H3,(H3,17,18,19). The van der Waals surface area contributed by atoms with E-state index in [4.69, 9.17) is 10.5 Å². The number of ether oxygens (including phenoxy) is 1. The van der Waals surface area contributed by atoms with Gasteiger partial charge in [-0.2, -0.15) is 0 Å². The predicted molar refractivity (Wildman–Crippen MR) is 88.9 cm³/mol. The third-order valence-corrected chi connectivity index (χ3v) is 3.01. The maximum absolute atomic E-state index is 11.8. The van der Waals surface area contributed by atoms with Crippen molar-refractivity contribution in [3.8, 4) is 0 Å². The number of guanidine groups is 1. The molecule has 6 nitrogen and oxygen atoms in total. The van der Waals surface area contributed by atoms with Crippen LogP contribution in [0, 0.1) is 0 Å². The number of aliphatic imine (C=N–C) groups is 1. The van der Waals surface area contributed by atoms with Crippen molar-refractivity contribution >= 4 is 11.9 Å². The van der Waals surface area contributed by atoms with Gasteiger partial charge in [-0.25, -0.2) is 4.99 Å². The normalized spacial score (nSPS) is 11.3. The molecule has 1 rings (SSSR count).